The van der Waals surface area contributed by atoms with E-state index in [9.17, 15) is 24.0 Å². The first-order chi connectivity index (χ1) is 10.5. The van der Waals surface area contributed by atoms with Gasteiger partial charge in [0.25, 0.3) is 11.8 Å². The fraction of sp³-hybridized carbons (Fsp3) is 0.583. The van der Waals surface area contributed by atoms with Crippen LogP contribution in [0.15, 0.2) is 0 Å². The summed E-state index contributed by atoms with van der Waals surface area (Å²) in [5, 5.41) is 9.14. The summed E-state index contributed by atoms with van der Waals surface area (Å²) in [4.78, 5) is 60.2. The Morgan fingerprint density at radius 3 is 2.45 bits per heavy atom. The number of carbonyl (C=O) groups excluding carboxylic acids is 5. The zero-order chi connectivity index (χ0) is 16.5. The molecule has 0 unspecified atom stereocenters. The minimum absolute atomic E-state index is 0.0168. The van der Waals surface area contributed by atoms with Crippen LogP contribution in [0.25, 0.3) is 0 Å². The standard InChI is InChI=1S/C12H17N3O7/c16-6-8(7-17)13-14-9(18)2-1-3-12(21)22-15-10(19)4-5-11(15)20/h6,8,13,17H,1-5,7H2,(H,14,18)/t8-/m1/s1. The lowest BCUT2D eigenvalue weighted by atomic mass is 10.2. The smallest absolute Gasteiger partial charge is 0.333 e. The molecule has 1 saturated heterocycles. The molecule has 0 spiro atoms. The quantitative estimate of drug-likeness (QED) is 0.250. The predicted octanol–water partition coefficient (Wildman–Crippen LogP) is -2.06. The molecule has 3 amide bonds. The van der Waals surface area contributed by atoms with Crippen LogP contribution in [0.2, 0.25) is 0 Å². The van der Waals surface area contributed by atoms with Gasteiger partial charge in [0.05, 0.1) is 6.61 Å². The highest BCUT2D eigenvalue weighted by atomic mass is 16.7. The summed E-state index contributed by atoms with van der Waals surface area (Å²) in [7, 11) is 0. The Labute approximate surface area is 125 Å². The summed E-state index contributed by atoms with van der Waals surface area (Å²) in [5.74, 6) is -2.40. The summed E-state index contributed by atoms with van der Waals surface area (Å²) in [6, 6.07) is -0.902. The number of aliphatic hydroxyl groups is 1. The third kappa shape index (κ3) is 5.58. The van der Waals surface area contributed by atoms with Gasteiger partial charge < -0.3 is 14.7 Å². The van der Waals surface area contributed by atoms with Crippen molar-refractivity contribution in [3.8, 4) is 0 Å². The number of hydroxylamine groups is 2. The summed E-state index contributed by atoms with van der Waals surface area (Å²) in [5.41, 5.74) is 4.49. The topological polar surface area (TPSA) is 142 Å². The third-order valence-electron chi connectivity index (χ3n) is 2.74. The SMILES string of the molecule is O=C[C@H](CO)NNC(=O)CCCC(=O)ON1C(=O)CCC1=O. The number of imide groups is 1. The normalized spacial score (nSPS) is 15.6. The van der Waals surface area contributed by atoms with E-state index in [1.165, 1.54) is 0 Å². The molecule has 1 heterocycles. The molecule has 0 saturated carbocycles. The van der Waals surface area contributed by atoms with Crippen molar-refractivity contribution in [1.29, 1.82) is 0 Å². The van der Waals surface area contributed by atoms with Crippen molar-refractivity contribution < 1.29 is 33.9 Å². The van der Waals surface area contributed by atoms with E-state index in [4.69, 9.17) is 5.11 Å². The molecule has 1 aliphatic heterocycles. The number of hydrogen-bond donors (Lipinski definition) is 3. The lowest BCUT2D eigenvalue weighted by Crippen LogP contribution is -2.46. The van der Waals surface area contributed by atoms with Crippen LogP contribution in [0.5, 0.6) is 0 Å². The first-order valence-corrected chi connectivity index (χ1v) is 6.65. The van der Waals surface area contributed by atoms with Crippen molar-refractivity contribution in [2.45, 2.75) is 38.1 Å². The maximum Gasteiger partial charge on any atom is 0.333 e. The van der Waals surface area contributed by atoms with Gasteiger partial charge in [-0.15, -0.1) is 5.06 Å². The minimum atomic E-state index is -0.902. The van der Waals surface area contributed by atoms with Gasteiger partial charge in [0.15, 0.2) is 0 Å². The number of aliphatic hydroxyl groups excluding tert-OH is 1. The molecule has 0 aromatic carbocycles. The second-order valence-electron chi connectivity index (χ2n) is 4.52. The highest BCUT2D eigenvalue weighted by molar-refractivity contribution is 6.01. The predicted molar refractivity (Wildman–Crippen MR) is 69.2 cm³/mol. The number of carbonyl (C=O) groups is 5. The molecule has 3 N–H and O–H groups in total. The van der Waals surface area contributed by atoms with Gasteiger partial charge in [0.2, 0.25) is 5.91 Å². The number of rotatable bonds is 9. The molecule has 0 radical (unpaired) electrons. The first kappa shape index (κ1) is 17.7. The molecule has 0 aliphatic carbocycles. The molecule has 0 aromatic rings. The second-order valence-corrected chi connectivity index (χ2v) is 4.52. The van der Waals surface area contributed by atoms with Crippen LogP contribution in [0.3, 0.4) is 0 Å². The fourth-order valence-corrected chi connectivity index (χ4v) is 1.56. The highest BCUT2D eigenvalue weighted by Crippen LogP contribution is 2.13. The van der Waals surface area contributed by atoms with Crippen molar-refractivity contribution in [1.82, 2.24) is 15.9 Å². The van der Waals surface area contributed by atoms with Crippen LogP contribution in [0.4, 0.5) is 0 Å². The van der Waals surface area contributed by atoms with E-state index < -0.39 is 36.3 Å². The van der Waals surface area contributed by atoms with E-state index in [0.29, 0.717) is 11.3 Å². The average molecular weight is 315 g/mol. The van der Waals surface area contributed by atoms with E-state index in [1.54, 1.807) is 0 Å². The van der Waals surface area contributed by atoms with Gasteiger partial charge in [0.1, 0.15) is 12.3 Å². The minimum Gasteiger partial charge on any atom is -0.394 e. The van der Waals surface area contributed by atoms with Crippen LogP contribution in [-0.2, 0) is 28.8 Å². The summed E-state index contributed by atoms with van der Waals surface area (Å²) in [6.45, 7) is -0.464. The first-order valence-electron chi connectivity index (χ1n) is 6.65. The fourth-order valence-electron chi connectivity index (χ4n) is 1.56. The number of amides is 3. The van der Waals surface area contributed by atoms with E-state index in [1.807, 2.05) is 0 Å². The van der Waals surface area contributed by atoms with E-state index in [0.717, 1.165) is 0 Å². The van der Waals surface area contributed by atoms with E-state index in [2.05, 4.69) is 15.7 Å². The van der Waals surface area contributed by atoms with Gasteiger partial charge >= 0.3 is 5.97 Å². The number of nitrogens with one attached hydrogen (secondary N) is 2. The Morgan fingerprint density at radius 1 is 1.27 bits per heavy atom. The largest absolute Gasteiger partial charge is 0.394 e. The molecule has 1 aliphatic rings. The molecule has 122 valence electrons. The van der Waals surface area contributed by atoms with Crippen molar-refractivity contribution in [2.75, 3.05) is 6.61 Å². The van der Waals surface area contributed by atoms with Gasteiger partial charge in [-0.25, -0.2) is 10.2 Å². The molecule has 22 heavy (non-hydrogen) atoms. The molecule has 1 rings (SSSR count). The van der Waals surface area contributed by atoms with Gasteiger partial charge in [-0.1, -0.05) is 0 Å². The third-order valence-corrected chi connectivity index (χ3v) is 2.74. The van der Waals surface area contributed by atoms with Crippen LogP contribution < -0.4 is 10.9 Å². The molecule has 0 bridgehead atoms. The molecule has 10 heteroatoms. The lowest BCUT2D eigenvalue weighted by molar-refractivity contribution is -0.197. The zero-order valence-electron chi connectivity index (χ0n) is 11.7. The Balaban J connectivity index is 2.19. The highest BCUT2D eigenvalue weighted by Gasteiger charge is 2.32. The number of hydrogen-bond acceptors (Lipinski definition) is 8. The summed E-state index contributed by atoms with van der Waals surface area (Å²) < 4.78 is 0. The van der Waals surface area contributed by atoms with E-state index >= 15 is 0 Å². The molecule has 10 nitrogen and oxygen atoms in total. The van der Waals surface area contributed by atoms with Crippen molar-refractivity contribution in [2.24, 2.45) is 0 Å². The van der Waals surface area contributed by atoms with Crippen LogP contribution in [0, 0.1) is 0 Å². The van der Waals surface area contributed by atoms with Crippen molar-refractivity contribution in [3.63, 3.8) is 0 Å². The van der Waals surface area contributed by atoms with Crippen molar-refractivity contribution >= 4 is 30.0 Å². The Kier molecular flexibility index (Phi) is 7.13. The average Bonchev–Trinajstić information content (AvgIpc) is 2.80. The maximum atomic E-state index is 11.4. The van der Waals surface area contributed by atoms with Gasteiger partial charge in [-0.3, -0.25) is 19.8 Å². The lowest BCUT2D eigenvalue weighted by Gasteiger charge is -2.13. The van der Waals surface area contributed by atoms with Gasteiger partial charge in [-0.2, -0.15) is 0 Å². The molecule has 0 aromatic heterocycles. The Morgan fingerprint density at radius 2 is 1.91 bits per heavy atom. The Bertz CT molecular complexity index is 450. The molecule has 1 fully saturated rings. The Hall–Kier alpha value is -2.33. The van der Waals surface area contributed by atoms with Crippen LogP contribution >= 0.6 is 0 Å². The molecular formula is C12H17N3O7. The number of hydrazine groups is 1. The number of aldehydes is 1. The number of nitrogens with zero attached hydrogens (tertiary/aromatic N) is 1. The van der Waals surface area contributed by atoms with Crippen LogP contribution in [-0.4, -0.2) is 52.8 Å². The van der Waals surface area contributed by atoms with Gasteiger partial charge in [-0.05, 0) is 6.42 Å². The monoisotopic (exact) mass is 315 g/mol. The van der Waals surface area contributed by atoms with Crippen molar-refractivity contribution in [3.05, 3.63) is 0 Å². The zero-order valence-corrected chi connectivity index (χ0v) is 11.7. The molecular weight excluding hydrogens is 298 g/mol. The second kappa shape index (κ2) is 8.85. The van der Waals surface area contributed by atoms with Crippen LogP contribution in [0.1, 0.15) is 32.1 Å². The van der Waals surface area contributed by atoms with Gasteiger partial charge in [0, 0.05) is 25.7 Å². The molecule has 1 atom stereocenters. The summed E-state index contributed by atoms with van der Waals surface area (Å²) >= 11 is 0. The summed E-state index contributed by atoms with van der Waals surface area (Å²) in [6.07, 6.45) is 0.406. The van der Waals surface area contributed by atoms with E-state index in [-0.39, 0.29) is 32.1 Å². The maximum absolute atomic E-state index is 11.4.